The van der Waals surface area contributed by atoms with Crippen molar-refractivity contribution >= 4 is 22.3 Å². The first-order chi connectivity index (χ1) is 9.20. The Kier molecular flexibility index (Phi) is 2.98. The van der Waals surface area contributed by atoms with Gasteiger partial charge in [0.05, 0.1) is 17.2 Å². The molecule has 0 bridgehead atoms. The Morgan fingerprint density at radius 1 is 1.53 bits per heavy atom. The number of esters is 1. The van der Waals surface area contributed by atoms with Crippen molar-refractivity contribution in [1.82, 2.24) is 10.1 Å². The summed E-state index contributed by atoms with van der Waals surface area (Å²) in [4.78, 5) is 16.9. The monoisotopic (exact) mass is 279 g/mol. The number of thiophene rings is 1. The Balaban J connectivity index is 1.97. The van der Waals surface area contributed by atoms with Crippen LogP contribution in [0.1, 0.15) is 34.4 Å². The molecular formula is C12H13N3O3S. The number of ether oxygens (including phenoxy) is 1. The summed E-state index contributed by atoms with van der Waals surface area (Å²) in [5, 5.41) is 4.32. The van der Waals surface area contributed by atoms with Gasteiger partial charge in [0, 0.05) is 4.88 Å². The lowest BCUT2D eigenvalue weighted by atomic mass is 10.1. The summed E-state index contributed by atoms with van der Waals surface area (Å²) in [5.41, 5.74) is 7.98. The van der Waals surface area contributed by atoms with E-state index in [1.54, 1.807) is 18.3 Å². The summed E-state index contributed by atoms with van der Waals surface area (Å²) in [5.74, 6) is -0.336. The molecule has 2 aromatic heterocycles. The molecule has 1 aliphatic carbocycles. The molecule has 0 saturated heterocycles. The third-order valence-electron chi connectivity index (χ3n) is 3.05. The van der Waals surface area contributed by atoms with Gasteiger partial charge in [-0.1, -0.05) is 0 Å². The van der Waals surface area contributed by atoms with Gasteiger partial charge in [0.2, 0.25) is 0 Å². The molecule has 7 heteroatoms. The summed E-state index contributed by atoms with van der Waals surface area (Å²) in [7, 11) is 0. The molecule has 6 nitrogen and oxygen atoms in total. The maximum absolute atomic E-state index is 11.5. The number of carbonyl (C=O) groups is 1. The number of hydrogen-bond acceptors (Lipinski definition) is 7. The molecule has 3 rings (SSSR count). The molecule has 0 spiro atoms. The van der Waals surface area contributed by atoms with Gasteiger partial charge in [0.15, 0.2) is 0 Å². The number of hydrogen-bond donors (Lipinski definition) is 1. The van der Waals surface area contributed by atoms with E-state index in [0.29, 0.717) is 10.9 Å². The number of carbonyl (C=O) groups excluding carboxylic acids is 1. The standard InChI is InChI=1S/C12H13N3O3S/c1-2-17-12(16)10-14-11(18-15-10)8-6-4-3-5-7(6)19-9(8)13/h2-5,13H2,1H3. The van der Waals surface area contributed by atoms with Crippen molar-refractivity contribution in [3.63, 3.8) is 0 Å². The van der Waals surface area contributed by atoms with Crippen LogP contribution in [0.3, 0.4) is 0 Å². The molecule has 2 N–H and O–H groups in total. The van der Waals surface area contributed by atoms with Gasteiger partial charge in [0.1, 0.15) is 0 Å². The minimum atomic E-state index is -0.581. The number of fused-ring (bicyclic) bond motifs is 1. The molecule has 0 aromatic carbocycles. The topological polar surface area (TPSA) is 91.2 Å². The summed E-state index contributed by atoms with van der Waals surface area (Å²) >= 11 is 1.56. The first kappa shape index (κ1) is 12.2. The Morgan fingerprint density at radius 2 is 2.37 bits per heavy atom. The number of rotatable bonds is 3. The van der Waals surface area contributed by atoms with E-state index in [9.17, 15) is 4.79 Å². The van der Waals surface area contributed by atoms with Crippen LogP contribution in [-0.2, 0) is 17.6 Å². The quantitative estimate of drug-likeness (QED) is 0.864. The highest BCUT2D eigenvalue weighted by atomic mass is 32.1. The molecule has 19 heavy (non-hydrogen) atoms. The van der Waals surface area contributed by atoms with Crippen molar-refractivity contribution in [3.05, 3.63) is 16.3 Å². The molecule has 0 radical (unpaired) electrons. The van der Waals surface area contributed by atoms with Crippen LogP contribution < -0.4 is 5.73 Å². The van der Waals surface area contributed by atoms with Gasteiger partial charge in [-0.2, -0.15) is 4.98 Å². The summed E-state index contributed by atoms with van der Waals surface area (Å²) in [6.07, 6.45) is 3.13. The zero-order valence-electron chi connectivity index (χ0n) is 10.4. The van der Waals surface area contributed by atoms with Crippen molar-refractivity contribution in [2.24, 2.45) is 0 Å². The van der Waals surface area contributed by atoms with Crippen LogP contribution in [0.5, 0.6) is 0 Å². The fraction of sp³-hybridized carbons (Fsp3) is 0.417. The fourth-order valence-corrected chi connectivity index (χ4v) is 3.42. The number of nitrogens with two attached hydrogens (primary N) is 1. The Hall–Kier alpha value is -1.89. The zero-order chi connectivity index (χ0) is 13.4. The highest BCUT2D eigenvalue weighted by Gasteiger charge is 2.26. The van der Waals surface area contributed by atoms with Crippen LogP contribution in [0.2, 0.25) is 0 Å². The Morgan fingerprint density at radius 3 is 3.16 bits per heavy atom. The van der Waals surface area contributed by atoms with Gasteiger partial charge >= 0.3 is 5.97 Å². The largest absolute Gasteiger partial charge is 0.460 e. The highest BCUT2D eigenvalue weighted by Crippen LogP contribution is 2.42. The summed E-state index contributed by atoms with van der Waals surface area (Å²) in [6.45, 7) is 2.00. The number of nitrogens with zero attached hydrogens (tertiary/aromatic N) is 2. The number of aryl methyl sites for hydroxylation is 1. The third-order valence-corrected chi connectivity index (χ3v) is 4.17. The number of anilines is 1. The van der Waals surface area contributed by atoms with Crippen LogP contribution in [-0.4, -0.2) is 22.7 Å². The van der Waals surface area contributed by atoms with Crippen LogP contribution in [0.25, 0.3) is 11.5 Å². The van der Waals surface area contributed by atoms with E-state index < -0.39 is 5.97 Å². The van der Waals surface area contributed by atoms with Crippen molar-refractivity contribution < 1.29 is 14.1 Å². The normalized spacial score (nSPS) is 13.5. The lowest BCUT2D eigenvalue weighted by molar-refractivity contribution is 0.0508. The lowest BCUT2D eigenvalue weighted by Gasteiger charge is -1.96. The van der Waals surface area contributed by atoms with E-state index in [4.69, 9.17) is 15.0 Å². The van der Waals surface area contributed by atoms with Crippen LogP contribution in [0.4, 0.5) is 5.00 Å². The van der Waals surface area contributed by atoms with Gasteiger partial charge in [0.25, 0.3) is 11.7 Å². The van der Waals surface area contributed by atoms with Gasteiger partial charge in [-0.3, -0.25) is 0 Å². The second-order valence-electron chi connectivity index (χ2n) is 4.24. The summed E-state index contributed by atoms with van der Waals surface area (Å²) < 4.78 is 9.98. The fourth-order valence-electron chi connectivity index (χ4n) is 2.26. The SMILES string of the molecule is CCOC(=O)c1noc(-c2c(N)sc3c2CCC3)n1. The van der Waals surface area contributed by atoms with E-state index in [-0.39, 0.29) is 12.4 Å². The average Bonchev–Trinajstić information content (AvgIpc) is 3.04. The molecule has 0 aliphatic heterocycles. The zero-order valence-corrected chi connectivity index (χ0v) is 11.2. The molecular weight excluding hydrogens is 266 g/mol. The van der Waals surface area contributed by atoms with Crippen molar-refractivity contribution in [2.45, 2.75) is 26.2 Å². The van der Waals surface area contributed by atoms with Crippen LogP contribution >= 0.6 is 11.3 Å². The molecule has 100 valence electrons. The molecule has 1 aliphatic rings. The maximum Gasteiger partial charge on any atom is 0.379 e. The molecule has 0 unspecified atom stereocenters. The molecule has 0 amide bonds. The Bertz CT molecular complexity index is 632. The lowest BCUT2D eigenvalue weighted by Crippen LogP contribution is -2.06. The molecule has 2 heterocycles. The van der Waals surface area contributed by atoms with Gasteiger partial charge in [-0.05, 0) is 36.9 Å². The second-order valence-corrected chi connectivity index (χ2v) is 5.38. The van der Waals surface area contributed by atoms with Crippen molar-refractivity contribution in [1.29, 1.82) is 0 Å². The van der Waals surface area contributed by atoms with Crippen molar-refractivity contribution in [3.8, 4) is 11.5 Å². The second kappa shape index (κ2) is 4.65. The minimum Gasteiger partial charge on any atom is -0.460 e. The highest BCUT2D eigenvalue weighted by molar-refractivity contribution is 7.16. The third kappa shape index (κ3) is 1.99. The maximum atomic E-state index is 11.5. The molecule has 0 saturated carbocycles. The number of aromatic nitrogens is 2. The average molecular weight is 279 g/mol. The molecule has 2 aromatic rings. The Labute approximate surface area is 113 Å². The van der Waals surface area contributed by atoms with Crippen LogP contribution in [0, 0.1) is 0 Å². The number of nitrogen functional groups attached to an aromatic ring is 1. The van der Waals surface area contributed by atoms with Crippen LogP contribution in [0.15, 0.2) is 4.52 Å². The van der Waals surface area contributed by atoms with E-state index in [0.717, 1.165) is 24.8 Å². The first-order valence-corrected chi connectivity index (χ1v) is 6.93. The van der Waals surface area contributed by atoms with E-state index in [2.05, 4.69) is 10.1 Å². The predicted molar refractivity (Wildman–Crippen MR) is 70.0 cm³/mol. The minimum absolute atomic E-state index is 0.0609. The van der Waals surface area contributed by atoms with Gasteiger partial charge in [-0.25, -0.2) is 4.79 Å². The molecule has 0 atom stereocenters. The molecule has 0 fully saturated rings. The van der Waals surface area contributed by atoms with Gasteiger partial charge in [-0.15, -0.1) is 11.3 Å². The first-order valence-electron chi connectivity index (χ1n) is 6.12. The van der Waals surface area contributed by atoms with Gasteiger partial charge < -0.3 is 15.0 Å². The predicted octanol–water partition coefficient (Wildman–Crippen LogP) is 2.05. The smallest absolute Gasteiger partial charge is 0.379 e. The van der Waals surface area contributed by atoms with E-state index in [1.807, 2.05) is 0 Å². The summed E-state index contributed by atoms with van der Waals surface area (Å²) in [6, 6.07) is 0. The van der Waals surface area contributed by atoms with Crippen molar-refractivity contribution in [2.75, 3.05) is 12.3 Å². The van der Waals surface area contributed by atoms with E-state index in [1.165, 1.54) is 10.4 Å². The van der Waals surface area contributed by atoms with E-state index >= 15 is 0 Å².